The molecule has 7 nitrogen and oxygen atoms in total. The average molecular weight is 349 g/mol. The lowest BCUT2D eigenvalue weighted by Gasteiger charge is -2.22. The number of nitrogens with zero attached hydrogens (tertiary/aromatic N) is 5. The van der Waals surface area contributed by atoms with Gasteiger partial charge in [0, 0.05) is 7.05 Å². The smallest absolute Gasteiger partial charge is 0.283 e. The van der Waals surface area contributed by atoms with E-state index in [0.29, 0.717) is 24.1 Å². The summed E-state index contributed by atoms with van der Waals surface area (Å²) in [7, 11) is 2.09. The maximum absolute atomic E-state index is 5.78. The molecule has 26 heavy (non-hydrogen) atoms. The monoisotopic (exact) mass is 349 g/mol. The summed E-state index contributed by atoms with van der Waals surface area (Å²) < 4.78 is 13.3. The molecule has 0 radical (unpaired) electrons. The fraction of sp³-hybridized carbons (Fsp3) is 0.316. The van der Waals surface area contributed by atoms with Crippen LogP contribution in [0.4, 0.5) is 0 Å². The lowest BCUT2D eigenvalue weighted by atomic mass is 10.2. The van der Waals surface area contributed by atoms with Crippen LogP contribution in [0.5, 0.6) is 0 Å². The van der Waals surface area contributed by atoms with E-state index in [0.717, 1.165) is 36.2 Å². The van der Waals surface area contributed by atoms with Gasteiger partial charge in [0.05, 0.1) is 29.9 Å². The van der Waals surface area contributed by atoms with Crippen LogP contribution in [0.2, 0.25) is 0 Å². The number of aryl methyl sites for hydroxylation is 1. The third kappa shape index (κ3) is 2.52. The Bertz CT molecular complexity index is 1030. The normalized spacial score (nSPS) is 18.1. The Kier molecular flexibility index (Phi) is 3.60. The van der Waals surface area contributed by atoms with Gasteiger partial charge in [0.15, 0.2) is 5.76 Å². The second-order valence-electron chi connectivity index (χ2n) is 6.62. The highest BCUT2D eigenvalue weighted by molar-refractivity contribution is 5.75. The minimum atomic E-state index is 0.256. The first-order chi connectivity index (χ1) is 12.8. The van der Waals surface area contributed by atoms with E-state index in [9.17, 15) is 0 Å². The van der Waals surface area contributed by atoms with E-state index < -0.39 is 0 Å². The molecule has 0 N–H and O–H groups in total. The van der Waals surface area contributed by atoms with Gasteiger partial charge in [-0.1, -0.05) is 12.1 Å². The molecular formula is C19H19N5O2. The Hall–Kier alpha value is -2.93. The molecule has 1 saturated heterocycles. The molecule has 1 fully saturated rings. The number of hydrogen-bond donors (Lipinski definition) is 0. The molecule has 0 saturated carbocycles. The Balaban J connectivity index is 1.41. The number of imidazole rings is 1. The molecule has 3 aromatic heterocycles. The van der Waals surface area contributed by atoms with Crippen molar-refractivity contribution in [2.45, 2.75) is 25.4 Å². The van der Waals surface area contributed by atoms with Gasteiger partial charge in [0.2, 0.25) is 5.89 Å². The molecule has 1 aromatic carbocycles. The Labute approximate surface area is 150 Å². The summed E-state index contributed by atoms with van der Waals surface area (Å²) in [5, 5.41) is 8.28. The van der Waals surface area contributed by atoms with E-state index in [1.54, 1.807) is 12.3 Å². The van der Waals surface area contributed by atoms with E-state index in [1.165, 1.54) is 0 Å². The van der Waals surface area contributed by atoms with Gasteiger partial charge in [0.1, 0.15) is 5.82 Å². The number of fused-ring (bicyclic) bond motifs is 1. The standard InChI is InChI=1S/C19H19N5O2/c1-23-14-7-3-2-6-13(14)20-18(23)15-8-4-10-24(15)12-17-21-22-19(26-17)16-9-5-11-25-16/h2-3,5-7,9,11,15H,4,8,10,12H2,1H3/t15-/m0/s1. The molecule has 1 atom stereocenters. The van der Waals surface area contributed by atoms with Crippen LogP contribution in [-0.4, -0.2) is 31.2 Å². The second kappa shape index (κ2) is 6.10. The summed E-state index contributed by atoms with van der Waals surface area (Å²) in [4.78, 5) is 7.23. The molecular weight excluding hydrogens is 330 g/mol. The molecule has 132 valence electrons. The molecule has 7 heteroatoms. The highest BCUT2D eigenvalue weighted by Gasteiger charge is 2.31. The van der Waals surface area contributed by atoms with E-state index >= 15 is 0 Å². The summed E-state index contributed by atoms with van der Waals surface area (Å²) in [6.45, 7) is 1.61. The fourth-order valence-corrected chi connectivity index (χ4v) is 3.76. The Morgan fingerprint density at radius 1 is 1.15 bits per heavy atom. The van der Waals surface area contributed by atoms with Crippen molar-refractivity contribution in [2.24, 2.45) is 7.05 Å². The first-order valence-corrected chi connectivity index (χ1v) is 8.81. The third-order valence-electron chi connectivity index (χ3n) is 5.02. The van der Waals surface area contributed by atoms with Gasteiger partial charge in [-0.2, -0.15) is 0 Å². The summed E-state index contributed by atoms with van der Waals surface area (Å²) >= 11 is 0. The first kappa shape index (κ1) is 15.3. The van der Waals surface area contributed by atoms with Gasteiger partial charge in [-0.3, -0.25) is 4.90 Å². The molecule has 4 aromatic rings. The Morgan fingerprint density at radius 2 is 2.08 bits per heavy atom. The van der Waals surface area contributed by atoms with Crippen LogP contribution < -0.4 is 0 Å². The van der Waals surface area contributed by atoms with Crippen LogP contribution in [0.1, 0.15) is 30.6 Å². The second-order valence-corrected chi connectivity index (χ2v) is 6.62. The highest BCUT2D eigenvalue weighted by Crippen LogP contribution is 2.34. The first-order valence-electron chi connectivity index (χ1n) is 8.81. The van der Waals surface area contributed by atoms with Crippen molar-refractivity contribution >= 4 is 11.0 Å². The quantitative estimate of drug-likeness (QED) is 0.561. The lowest BCUT2D eigenvalue weighted by molar-refractivity contribution is 0.214. The van der Waals surface area contributed by atoms with Crippen molar-refractivity contribution in [2.75, 3.05) is 6.54 Å². The lowest BCUT2D eigenvalue weighted by Crippen LogP contribution is -2.25. The van der Waals surface area contributed by atoms with Gasteiger partial charge >= 0.3 is 0 Å². The SMILES string of the molecule is Cn1c([C@@H]2CCCN2Cc2nnc(-c3ccco3)o2)nc2ccccc21. The highest BCUT2D eigenvalue weighted by atomic mass is 16.4. The summed E-state index contributed by atoms with van der Waals surface area (Å²) in [6.07, 6.45) is 3.81. The maximum Gasteiger partial charge on any atom is 0.283 e. The number of rotatable bonds is 4. The number of hydrogen-bond acceptors (Lipinski definition) is 6. The molecule has 0 unspecified atom stereocenters. The molecule has 0 spiro atoms. The molecule has 0 amide bonds. The number of likely N-dealkylation sites (tertiary alicyclic amines) is 1. The van der Waals surface area contributed by atoms with E-state index in [1.807, 2.05) is 12.1 Å². The van der Waals surface area contributed by atoms with Crippen molar-refractivity contribution in [3.63, 3.8) is 0 Å². The molecule has 4 heterocycles. The van der Waals surface area contributed by atoms with Gasteiger partial charge in [0.25, 0.3) is 5.89 Å². The van der Waals surface area contributed by atoms with Crippen LogP contribution in [0.15, 0.2) is 51.5 Å². The summed E-state index contributed by atoms with van der Waals surface area (Å²) in [6, 6.07) is 12.1. The van der Waals surface area contributed by atoms with Crippen LogP contribution >= 0.6 is 0 Å². The predicted molar refractivity (Wildman–Crippen MR) is 95.1 cm³/mol. The van der Waals surface area contributed by atoms with Gasteiger partial charge in [-0.25, -0.2) is 4.98 Å². The van der Waals surface area contributed by atoms with Crippen LogP contribution in [0, 0.1) is 0 Å². The van der Waals surface area contributed by atoms with Gasteiger partial charge in [-0.05, 0) is 43.7 Å². The largest absolute Gasteiger partial charge is 0.459 e. The molecule has 1 aliphatic rings. The number of furan rings is 1. The van der Waals surface area contributed by atoms with E-state index in [2.05, 4.69) is 44.9 Å². The van der Waals surface area contributed by atoms with Crippen molar-refractivity contribution in [3.8, 4) is 11.7 Å². The molecule has 0 aliphatic carbocycles. The summed E-state index contributed by atoms with van der Waals surface area (Å²) in [5.41, 5.74) is 2.20. The van der Waals surface area contributed by atoms with Crippen molar-refractivity contribution in [1.29, 1.82) is 0 Å². The van der Waals surface area contributed by atoms with Crippen LogP contribution in [-0.2, 0) is 13.6 Å². The molecule has 1 aliphatic heterocycles. The van der Waals surface area contributed by atoms with Crippen LogP contribution in [0.25, 0.3) is 22.7 Å². The topological polar surface area (TPSA) is 73.1 Å². The zero-order valence-electron chi connectivity index (χ0n) is 14.5. The number of benzene rings is 1. The van der Waals surface area contributed by atoms with Gasteiger partial charge in [-0.15, -0.1) is 10.2 Å². The zero-order chi connectivity index (χ0) is 17.5. The fourth-order valence-electron chi connectivity index (χ4n) is 3.76. The van der Waals surface area contributed by atoms with Crippen molar-refractivity contribution in [3.05, 3.63) is 54.4 Å². The zero-order valence-corrected chi connectivity index (χ0v) is 14.5. The number of para-hydroxylation sites is 2. The van der Waals surface area contributed by atoms with Crippen molar-refractivity contribution < 1.29 is 8.83 Å². The van der Waals surface area contributed by atoms with E-state index in [4.69, 9.17) is 13.8 Å². The minimum absolute atomic E-state index is 0.256. The average Bonchev–Trinajstić information content (AvgIpc) is 3.42. The number of aromatic nitrogens is 4. The minimum Gasteiger partial charge on any atom is -0.459 e. The van der Waals surface area contributed by atoms with Gasteiger partial charge < -0.3 is 13.4 Å². The van der Waals surface area contributed by atoms with E-state index in [-0.39, 0.29) is 6.04 Å². The predicted octanol–water partition coefficient (Wildman–Crippen LogP) is 3.55. The Morgan fingerprint density at radius 3 is 2.92 bits per heavy atom. The van der Waals surface area contributed by atoms with Crippen LogP contribution in [0.3, 0.4) is 0 Å². The van der Waals surface area contributed by atoms with Crippen molar-refractivity contribution in [1.82, 2.24) is 24.6 Å². The molecule has 0 bridgehead atoms. The molecule has 5 rings (SSSR count). The maximum atomic E-state index is 5.78. The third-order valence-corrected chi connectivity index (χ3v) is 5.02. The summed E-state index contributed by atoms with van der Waals surface area (Å²) in [5.74, 6) is 2.71.